The van der Waals surface area contributed by atoms with E-state index in [-0.39, 0.29) is 12.2 Å². The number of anilines is 1. The van der Waals surface area contributed by atoms with Crippen molar-refractivity contribution in [3.8, 4) is 0 Å². The van der Waals surface area contributed by atoms with Crippen LogP contribution in [0.4, 0.5) is 9.80 Å². The van der Waals surface area contributed by atoms with Gasteiger partial charge in [0.25, 0.3) is 0 Å². The molecule has 0 aromatic carbocycles. The lowest BCUT2D eigenvalue weighted by atomic mass is 9.95. The Labute approximate surface area is 109 Å². The highest BCUT2D eigenvalue weighted by atomic mass is 32.1. The maximum atomic E-state index is 11.4. The van der Waals surface area contributed by atoms with Gasteiger partial charge in [0.15, 0.2) is 0 Å². The number of carbonyl (C=O) groups is 2. The summed E-state index contributed by atoms with van der Waals surface area (Å²) in [6.07, 6.45) is 3.15. The Morgan fingerprint density at radius 2 is 2.11 bits per heavy atom. The molecule has 2 rings (SSSR count). The summed E-state index contributed by atoms with van der Waals surface area (Å²) in [5.41, 5.74) is 1.12. The topological polar surface area (TPSA) is 75.6 Å². The second-order valence-corrected chi connectivity index (χ2v) is 5.17. The number of amides is 1. The summed E-state index contributed by atoms with van der Waals surface area (Å²) in [6.45, 7) is 1.97. The molecule has 1 aliphatic carbocycles. The van der Waals surface area contributed by atoms with Crippen LogP contribution in [0.2, 0.25) is 0 Å². The van der Waals surface area contributed by atoms with E-state index in [4.69, 9.17) is 4.74 Å². The number of fused-ring (bicyclic) bond motifs is 1. The van der Waals surface area contributed by atoms with Gasteiger partial charge in [-0.15, -0.1) is 11.3 Å². The van der Waals surface area contributed by atoms with Gasteiger partial charge in [-0.2, -0.15) is 0 Å². The van der Waals surface area contributed by atoms with E-state index >= 15 is 0 Å². The van der Waals surface area contributed by atoms with E-state index in [9.17, 15) is 14.7 Å². The highest BCUT2D eigenvalue weighted by molar-refractivity contribution is 7.17. The average Bonchev–Trinajstić information content (AvgIpc) is 2.66. The Bertz CT molecular complexity index is 481. The Morgan fingerprint density at radius 1 is 1.39 bits per heavy atom. The highest BCUT2D eigenvalue weighted by Gasteiger charge is 2.26. The molecule has 18 heavy (non-hydrogen) atoms. The molecular formula is C12H15NO4S. The standard InChI is InChI=1S/C12H15NO4S/c1-2-17-12(16)13-10-9(11(14)15)7-5-3-4-6-8(7)18-10/h2-6H2,1H3,(H,13,16)(H,14,15). The van der Waals surface area contributed by atoms with E-state index in [2.05, 4.69) is 5.32 Å². The van der Waals surface area contributed by atoms with Gasteiger partial charge in [0.05, 0.1) is 12.2 Å². The van der Waals surface area contributed by atoms with Crippen LogP contribution < -0.4 is 5.32 Å². The van der Waals surface area contributed by atoms with Gasteiger partial charge in [0.2, 0.25) is 0 Å². The third-order valence-electron chi connectivity index (χ3n) is 2.88. The van der Waals surface area contributed by atoms with Crippen LogP contribution in [0.15, 0.2) is 0 Å². The van der Waals surface area contributed by atoms with Crippen molar-refractivity contribution < 1.29 is 19.4 Å². The summed E-state index contributed by atoms with van der Waals surface area (Å²) in [7, 11) is 0. The molecule has 1 amide bonds. The molecular weight excluding hydrogens is 254 g/mol. The van der Waals surface area contributed by atoms with Crippen LogP contribution >= 0.6 is 11.3 Å². The van der Waals surface area contributed by atoms with Crippen LogP contribution in [0.1, 0.15) is 40.6 Å². The van der Waals surface area contributed by atoms with Gasteiger partial charge >= 0.3 is 12.1 Å². The third kappa shape index (κ3) is 2.48. The Morgan fingerprint density at radius 3 is 2.78 bits per heavy atom. The van der Waals surface area contributed by atoms with Gasteiger partial charge in [0.1, 0.15) is 5.00 Å². The summed E-state index contributed by atoms with van der Waals surface area (Å²) in [5, 5.41) is 12.2. The van der Waals surface area contributed by atoms with Crippen molar-refractivity contribution in [2.24, 2.45) is 0 Å². The number of thiophene rings is 1. The van der Waals surface area contributed by atoms with E-state index in [0.717, 1.165) is 36.1 Å². The molecule has 0 spiro atoms. The molecule has 0 aliphatic heterocycles. The molecule has 0 atom stereocenters. The van der Waals surface area contributed by atoms with Gasteiger partial charge < -0.3 is 9.84 Å². The van der Waals surface area contributed by atoms with Crippen LogP contribution in [0.25, 0.3) is 0 Å². The molecule has 0 saturated heterocycles. The predicted molar refractivity (Wildman–Crippen MR) is 68.6 cm³/mol. The summed E-state index contributed by atoms with van der Waals surface area (Å²) >= 11 is 1.35. The van der Waals surface area contributed by atoms with Crippen molar-refractivity contribution in [1.29, 1.82) is 0 Å². The monoisotopic (exact) mass is 269 g/mol. The van der Waals surface area contributed by atoms with E-state index in [1.165, 1.54) is 11.3 Å². The fourth-order valence-electron chi connectivity index (χ4n) is 2.14. The lowest BCUT2D eigenvalue weighted by Gasteiger charge is -2.10. The largest absolute Gasteiger partial charge is 0.478 e. The normalized spacial score (nSPS) is 13.8. The molecule has 0 radical (unpaired) electrons. The number of ether oxygens (including phenoxy) is 1. The maximum Gasteiger partial charge on any atom is 0.412 e. The number of carboxylic acid groups (broad SMARTS) is 1. The summed E-state index contributed by atoms with van der Waals surface area (Å²) in [6, 6.07) is 0. The number of nitrogens with one attached hydrogen (secondary N) is 1. The number of rotatable bonds is 3. The van der Waals surface area contributed by atoms with Crippen LogP contribution in [-0.4, -0.2) is 23.8 Å². The SMILES string of the molecule is CCOC(=O)Nc1sc2c(c1C(=O)O)CCCC2. The first-order valence-electron chi connectivity index (χ1n) is 5.95. The number of aromatic carboxylic acids is 1. The number of hydrogen-bond acceptors (Lipinski definition) is 4. The Kier molecular flexibility index (Phi) is 3.86. The van der Waals surface area contributed by atoms with Crippen LogP contribution in [-0.2, 0) is 17.6 Å². The molecule has 1 aliphatic rings. The number of carboxylic acids is 1. The molecule has 98 valence electrons. The lowest BCUT2D eigenvalue weighted by molar-refractivity contribution is 0.0697. The molecule has 0 saturated carbocycles. The molecule has 0 fully saturated rings. The molecule has 6 heteroatoms. The minimum atomic E-state index is -0.985. The predicted octanol–water partition coefficient (Wildman–Crippen LogP) is 2.89. The van der Waals surface area contributed by atoms with Crippen LogP contribution in [0, 0.1) is 0 Å². The van der Waals surface area contributed by atoms with E-state index in [1.807, 2.05) is 0 Å². The third-order valence-corrected chi connectivity index (χ3v) is 4.08. The van der Waals surface area contributed by atoms with Crippen molar-refractivity contribution in [1.82, 2.24) is 0 Å². The fourth-order valence-corrected chi connectivity index (χ4v) is 3.41. The molecule has 1 aromatic rings. The van der Waals surface area contributed by atoms with Crippen molar-refractivity contribution in [2.75, 3.05) is 11.9 Å². The molecule has 0 bridgehead atoms. The number of aryl methyl sites for hydroxylation is 1. The molecule has 2 N–H and O–H groups in total. The molecule has 5 nitrogen and oxygen atoms in total. The zero-order chi connectivity index (χ0) is 13.1. The number of carbonyl (C=O) groups excluding carboxylic acids is 1. The zero-order valence-electron chi connectivity index (χ0n) is 10.1. The summed E-state index contributed by atoms with van der Waals surface area (Å²) in [5.74, 6) is -0.985. The van der Waals surface area contributed by atoms with Crippen molar-refractivity contribution in [2.45, 2.75) is 32.6 Å². The minimum absolute atomic E-state index is 0.239. The lowest BCUT2D eigenvalue weighted by Crippen LogP contribution is -2.15. The smallest absolute Gasteiger partial charge is 0.412 e. The summed E-state index contributed by atoms with van der Waals surface area (Å²) < 4.78 is 4.78. The van der Waals surface area contributed by atoms with E-state index in [1.54, 1.807) is 6.92 Å². The second kappa shape index (κ2) is 5.39. The van der Waals surface area contributed by atoms with Gasteiger partial charge in [-0.25, -0.2) is 9.59 Å². The first-order valence-corrected chi connectivity index (χ1v) is 6.76. The maximum absolute atomic E-state index is 11.4. The first-order chi connectivity index (χ1) is 8.63. The average molecular weight is 269 g/mol. The quantitative estimate of drug-likeness (QED) is 0.884. The molecule has 1 aromatic heterocycles. The van der Waals surface area contributed by atoms with Crippen LogP contribution in [0.3, 0.4) is 0 Å². The van der Waals surface area contributed by atoms with Crippen LogP contribution in [0.5, 0.6) is 0 Å². The van der Waals surface area contributed by atoms with Crippen molar-refractivity contribution in [3.63, 3.8) is 0 Å². The van der Waals surface area contributed by atoms with Gasteiger partial charge in [-0.05, 0) is 38.2 Å². The molecule has 0 unspecified atom stereocenters. The van der Waals surface area contributed by atoms with E-state index in [0.29, 0.717) is 5.00 Å². The zero-order valence-corrected chi connectivity index (χ0v) is 10.9. The second-order valence-electron chi connectivity index (χ2n) is 4.07. The molecule has 1 heterocycles. The highest BCUT2D eigenvalue weighted by Crippen LogP contribution is 2.38. The summed E-state index contributed by atoms with van der Waals surface area (Å²) in [4.78, 5) is 23.8. The van der Waals surface area contributed by atoms with Gasteiger partial charge in [-0.3, -0.25) is 5.32 Å². The fraction of sp³-hybridized carbons (Fsp3) is 0.500. The minimum Gasteiger partial charge on any atom is -0.478 e. The Hall–Kier alpha value is -1.56. The number of hydrogen-bond donors (Lipinski definition) is 2. The van der Waals surface area contributed by atoms with Crippen molar-refractivity contribution >= 4 is 28.4 Å². The van der Waals surface area contributed by atoms with E-state index < -0.39 is 12.1 Å². The Balaban J connectivity index is 2.31. The van der Waals surface area contributed by atoms with Crippen molar-refractivity contribution in [3.05, 3.63) is 16.0 Å². The van der Waals surface area contributed by atoms with Gasteiger partial charge in [-0.1, -0.05) is 0 Å². The van der Waals surface area contributed by atoms with Gasteiger partial charge in [0, 0.05) is 4.88 Å². The first kappa shape index (κ1) is 12.9.